The van der Waals surface area contributed by atoms with Crippen LogP contribution in [0.25, 0.3) is 11.1 Å². The Labute approximate surface area is 192 Å². The van der Waals surface area contributed by atoms with Gasteiger partial charge in [0.25, 0.3) is 0 Å². The fourth-order valence-electron chi connectivity index (χ4n) is 4.72. The van der Waals surface area contributed by atoms with Gasteiger partial charge in [-0.2, -0.15) is 0 Å². The van der Waals surface area contributed by atoms with Crippen molar-refractivity contribution in [3.8, 4) is 11.1 Å². The number of aliphatic hydroxyl groups excluding tert-OH is 1. The van der Waals surface area contributed by atoms with E-state index in [2.05, 4.69) is 29.6 Å². The van der Waals surface area contributed by atoms with E-state index in [0.29, 0.717) is 6.42 Å². The standard InChI is InChI=1S/C25H28N2O6/c1-15(10-11-23(29)27-13-16(28)12-22(27)24(30)31)26-25(32)33-14-21-19-8-4-2-6-17(19)18-7-3-5-9-20(18)21/h2-9,15-16,21-22,28H,10-14H2,1H3,(H,26,32)(H,30,31)/t15?,16-,22+/m1/s1. The Morgan fingerprint density at radius 2 is 1.70 bits per heavy atom. The molecule has 1 aliphatic carbocycles. The number of hydrogen-bond acceptors (Lipinski definition) is 5. The van der Waals surface area contributed by atoms with Gasteiger partial charge in [0.15, 0.2) is 0 Å². The number of aliphatic hydroxyl groups is 1. The van der Waals surface area contributed by atoms with Crippen molar-refractivity contribution in [1.82, 2.24) is 10.2 Å². The van der Waals surface area contributed by atoms with Gasteiger partial charge in [0.1, 0.15) is 12.6 Å². The fraction of sp³-hybridized carbons (Fsp3) is 0.400. The lowest BCUT2D eigenvalue weighted by molar-refractivity contribution is -0.148. The number of benzene rings is 2. The minimum Gasteiger partial charge on any atom is -0.480 e. The lowest BCUT2D eigenvalue weighted by Crippen LogP contribution is -2.41. The first-order chi connectivity index (χ1) is 15.8. The Morgan fingerprint density at radius 1 is 1.09 bits per heavy atom. The molecule has 1 saturated heterocycles. The predicted octanol–water partition coefficient (Wildman–Crippen LogP) is 2.74. The van der Waals surface area contributed by atoms with E-state index < -0.39 is 24.2 Å². The SMILES string of the molecule is CC(CCC(=O)N1C[C@H](O)C[C@H]1C(=O)O)NC(=O)OCC1c2ccccc2-c2ccccc21. The average Bonchev–Trinajstić information content (AvgIpc) is 3.34. The van der Waals surface area contributed by atoms with Crippen molar-refractivity contribution in [3.63, 3.8) is 0 Å². The van der Waals surface area contributed by atoms with E-state index in [1.807, 2.05) is 24.3 Å². The van der Waals surface area contributed by atoms with Gasteiger partial charge in [-0.3, -0.25) is 4.79 Å². The molecule has 1 heterocycles. The van der Waals surface area contributed by atoms with Crippen molar-refractivity contribution in [2.75, 3.05) is 13.2 Å². The lowest BCUT2D eigenvalue weighted by atomic mass is 9.98. The highest BCUT2D eigenvalue weighted by Gasteiger charge is 2.38. The molecule has 174 valence electrons. The van der Waals surface area contributed by atoms with Gasteiger partial charge < -0.3 is 25.2 Å². The van der Waals surface area contributed by atoms with Crippen molar-refractivity contribution in [2.45, 2.75) is 50.3 Å². The zero-order valence-electron chi connectivity index (χ0n) is 18.4. The quantitative estimate of drug-likeness (QED) is 0.595. The van der Waals surface area contributed by atoms with Crippen LogP contribution in [0.1, 0.15) is 43.2 Å². The number of β-amino-alcohol motifs (C(OH)–C–C–N with tert-alkyl or cyclic N) is 1. The molecule has 1 unspecified atom stereocenters. The third-order valence-corrected chi connectivity index (χ3v) is 6.38. The van der Waals surface area contributed by atoms with Crippen molar-refractivity contribution in [2.24, 2.45) is 0 Å². The van der Waals surface area contributed by atoms with E-state index in [0.717, 1.165) is 22.3 Å². The smallest absolute Gasteiger partial charge is 0.407 e. The van der Waals surface area contributed by atoms with Gasteiger partial charge in [0.2, 0.25) is 5.91 Å². The zero-order valence-corrected chi connectivity index (χ0v) is 18.4. The molecule has 8 heteroatoms. The highest BCUT2D eigenvalue weighted by atomic mass is 16.5. The van der Waals surface area contributed by atoms with Gasteiger partial charge >= 0.3 is 12.1 Å². The summed E-state index contributed by atoms with van der Waals surface area (Å²) in [5.41, 5.74) is 4.57. The summed E-state index contributed by atoms with van der Waals surface area (Å²) in [6.07, 6.45) is -0.944. The summed E-state index contributed by atoms with van der Waals surface area (Å²) in [5, 5.41) is 21.7. The number of carboxylic acid groups (broad SMARTS) is 1. The summed E-state index contributed by atoms with van der Waals surface area (Å²) in [6, 6.07) is 14.9. The average molecular weight is 453 g/mol. The largest absolute Gasteiger partial charge is 0.480 e. The molecule has 8 nitrogen and oxygen atoms in total. The maximum absolute atomic E-state index is 12.4. The van der Waals surface area contributed by atoms with E-state index in [4.69, 9.17) is 4.74 Å². The predicted molar refractivity (Wildman–Crippen MR) is 121 cm³/mol. The van der Waals surface area contributed by atoms with Crippen LogP contribution in [-0.2, 0) is 14.3 Å². The molecule has 0 radical (unpaired) electrons. The van der Waals surface area contributed by atoms with Gasteiger partial charge in [-0.15, -0.1) is 0 Å². The second-order valence-electron chi connectivity index (χ2n) is 8.70. The van der Waals surface area contributed by atoms with Gasteiger partial charge in [-0.1, -0.05) is 48.5 Å². The minimum atomic E-state index is -1.12. The van der Waals surface area contributed by atoms with Crippen molar-refractivity contribution in [1.29, 1.82) is 0 Å². The Kier molecular flexibility index (Phi) is 6.65. The van der Waals surface area contributed by atoms with Crippen LogP contribution in [0.3, 0.4) is 0 Å². The van der Waals surface area contributed by atoms with Crippen LogP contribution in [-0.4, -0.2) is 64.4 Å². The Balaban J connectivity index is 1.27. The number of carbonyl (C=O) groups excluding carboxylic acids is 2. The normalized spacial score (nSPS) is 20.1. The number of hydrogen-bond donors (Lipinski definition) is 3. The molecule has 33 heavy (non-hydrogen) atoms. The third-order valence-electron chi connectivity index (χ3n) is 6.38. The van der Waals surface area contributed by atoms with Crippen LogP contribution in [0.5, 0.6) is 0 Å². The second kappa shape index (κ2) is 9.62. The molecule has 3 atom stereocenters. The zero-order chi connectivity index (χ0) is 23.5. The number of amides is 2. The Bertz CT molecular complexity index is 1010. The number of aliphatic carboxylic acids is 1. The highest BCUT2D eigenvalue weighted by Crippen LogP contribution is 2.44. The monoisotopic (exact) mass is 452 g/mol. The van der Waals surface area contributed by atoms with Gasteiger partial charge in [0.05, 0.1) is 6.10 Å². The van der Waals surface area contributed by atoms with Crippen LogP contribution in [0.2, 0.25) is 0 Å². The first-order valence-corrected chi connectivity index (χ1v) is 11.2. The first kappa shape index (κ1) is 22.8. The van der Waals surface area contributed by atoms with Gasteiger partial charge in [-0.25, -0.2) is 9.59 Å². The van der Waals surface area contributed by atoms with Gasteiger partial charge in [0, 0.05) is 31.3 Å². The number of ether oxygens (including phenoxy) is 1. The van der Waals surface area contributed by atoms with E-state index in [-0.39, 0.29) is 43.9 Å². The third kappa shape index (κ3) is 4.85. The van der Waals surface area contributed by atoms with Crippen LogP contribution in [0.4, 0.5) is 4.79 Å². The molecule has 2 amide bonds. The molecule has 3 N–H and O–H groups in total. The van der Waals surface area contributed by atoms with Crippen LogP contribution in [0, 0.1) is 0 Å². The van der Waals surface area contributed by atoms with Crippen LogP contribution < -0.4 is 5.32 Å². The molecule has 2 aromatic rings. The van der Waals surface area contributed by atoms with E-state index in [1.54, 1.807) is 6.92 Å². The van der Waals surface area contributed by atoms with Crippen LogP contribution >= 0.6 is 0 Å². The Morgan fingerprint density at radius 3 is 2.30 bits per heavy atom. The molecule has 2 aromatic carbocycles. The highest BCUT2D eigenvalue weighted by molar-refractivity contribution is 5.84. The van der Waals surface area contributed by atoms with E-state index in [9.17, 15) is 24.6 Å². The number of alkyl carbamates (subject to hydrolysis) is 1. The Hall–Kier alpha value is -3.39. The summed E-state index contributed by atoms with van der Waals surface area (Å²) in [5.74, 6) is -1.50. The molecule has 1 aliphatic heterocycles. The number of likely N-dealkylation sites (tertiary alicyclic amines) is 1. The number of carboxylic acids is 1. The second-order valence-corrected chi connectivity index (χ2v) is 8.70. The minimum absolute atomic E-state index is 0.0178. The van der Waals surface area contributed by atoms with Crippen molar-refractivity contribution >= 4 is 18.0 Å². The van der Waals surface area contributed by atoms with Crippen LogP contribution in [0.15, 0.2) is 48.5 Å². The summed E-state index contributed by atoms with van der Waals surface area (Å²) in [6.45, 7) is 1.99. The summed E-state index contributed by atoms with van der Waals surface area (Å²) in [4.78, 5) is 37.3. The van der Waals surface area contributed by atoms with Crippen molar-refractivity contribution in [3.05, 3.63) is 59.7 Å². The molecule has 0 aromatic heterocycles. The maximum Gasteiger partial charge on any atom is 0.407 e. The molecule has 2 aliphatic rings. The lowest BCUT2D eigenvalue weighted by Gasteiger charge is -2.22. The van der Waals surface area contributed by atoms with Crippen molar-refractivity contribution < 1.29 is 29.3 Å². The molecular weight excluding hydrogens is 424 g/mol. The molecular formula is C25H28N2O6. The number of nitrogens with one attached hydrogen (secondary N) is 1. The molecule has 4 rings (SSSR count). The molecule has 0 saturated carbocycles. The number of rotatable bonds is 7. The number of nitrogens with zero attached hydrogens (tertiary/aromatic N) is 1. The summed E-state index contributed by atoms with van der Waals surface area (Å²) >= 11 is 0. The topological polar surface area (TPSA) is 116 Å². The van der Waals surface area contributed by atoms with E-state index >= 15 is 0 Å². The molecule has 0 bridgehead atoms. The molecule has 0 spiro atoms. The number of fused-ring (bicyclic) bond motifs is 3. The fourth-order valence-corrected chi connectivity index (χ4v) is 4.72. The number of carbonyl (C=O) groups is 3. The maximum atomic E-state index is 12.4. The summed E-state index contributed by atoms with van der Waals surface area (Å²) < 4.78 is 5.52. The molecule has 1 fully saturated rings. The van der Waals surface area contributed by atoms with Gasteiger partial charge in [-0.05, 0) is 35.6 Å². The van der Waals surface area contributed by atoms with E-state index in [1.165, 1.54) is 4.90 Å². The summed E-state index contributed by atoms with van der Waals surface area (Å²) in [7, 11) is 0. The first-order valence-electron chi connectivity index (χ1n) is 11.2.